The van der Waals surface area contributed by atoms with Gasteiger partial charge in [-0.1, -0.05) is 30.3 Å². The molecule has 122 valence electrons. The zero-order chi connectivity index (χ0) is 16.7. The molecule has 2 atom stereocenters. The maximum Gasteiger partial charge on any atom is 0.183 e. The number of nitrogens with zero attached hydrogens (tertiary/aromatic N) is 3. The Labute approximate surface area is 142 Å². The highest BCUT2D eigenvalue weighted by molar-refractivity contribution is 7.80. The van der Waals surface area contributed by atoms with E-state index in [2.05, 4.69) is 22.7 Å². The average Bonchev–Trinajstić information content (AvgIpc) is 3.16. The average molecular weight is 345 g/mol. The first-order valence-corrected chi connectivity index (χ1v) is 7.80. The lowest BCUT2D eigenvalue weighted by Crippen LogP contribution is -2.20. The summed E-state index contributed by atoms with van der Waals surface area (Å²) in [4.78, 5) is 3.97. The van der Waals surface area contributed by atoms with E-state index in [0.29, 0.717) is 16.3 Å². The van der Waals surface area contributed by atoms with Crippen LogP contribution in [0.15, 0.2) is 60.0 Å². The van der Waals surface area contributed by atoms with E-state index < -0.39 is 11.7 Å². The van der Waals surface area contributed by atoms with Crippen LogP contribution >= 0.6 is 12.6 Å². The predicted molar refractivity (Wildman–Crippen MR) is 85.6 cm³/mol. The summed E-state index contributed by atoms with van der Waals surface area (Å²) in [6.07, 6.45) is 0.847. The number of rotatable bonds is 4. The highest BCUT2D eigenvalue weighted by Gasteiger charge is 2.60. The monoisotopic (exact) mass is 345 g/mol. The van der Waals surface area contributed by atoms with Gasteiger partial charge in [-0.2, -0.15) is 5.10 Å². The lowest BCUT2D eigenvalue weighted by atomic mass is 9.91. The Kier molecular flexibility index (Phi) is 3.62. The van der Waals surface area contributed by atoms with E-state index >= 15 is 0 Å². The summed E-state index contributed by atoms with van der Waals surface area (Å²) in [6, 6.07) is 12.5. The molecule has 2 aromatic carbocycles. The molecule has 3 aromatic rings. The minimum atomic E-state index is -0.907. The van der Waals surface area contributed by atoms with Gasteiger partial charge in [0.1, 0.15) is 29.7 Å². The molecule has 1 aromatic heterocycles. The molecule has 0 aliphatic carbocycles. The molecule has 24 heavy (non-hydrogen) atoms. The van der Waals surface area contributed by atoms with Crippen LogP contribution < -0.4 is 0 Å². The van der Waals surface area contributed by atoms with Crippen LogP contribution in [0.4, 0.5) is 8.78 Å². The topological polar surface area (TPSA) is 43.2 Å². The summed E-state index contributed by atoms with van der Waals surface area (Å²) in [7, 11) is 0. The minimum absolute atomic E-state index is 0.258. The Morgan fingerprint density at radius 1 is 1.17 bits per heavy atom. The van der Waals surface area contributed by atoms with Gasteiger partial charge in [0.2, 0.25) is 0 Å². The normalized spacial score (nSPS) is 22.5. The molecule has 2 unspecified atom stereocenters. The van der Waals surface area contributed by atoms with Crippen molar-refractivity contribution >= 4 is 12.6 Å². The first-order valence-electron chi connectivity index (χ1n) is 7.35. The molecule has 0 bridgehead atoms. The molecule has 4 rings (SSSR count). The van der Waals surface area contributed by atoms with Crippen molar-refractivity contribution < 1.29 is 13.5 Å². The molecule has 0 amide bonds. The first-order chi connectivity index (χ1) is 11.6. The molecular formula is C17H13F2N3OS. The van der Waals surface area contributed by atoms with E-state index in [1.54, 1.807) is 35.0 Å². The summed E-state index contributed by atoms with van der Waals surface area (Å²) < 4.78 is 35.3. The standard InChI is InChI=1S/C17H13F2N3OS/c18-12-5-3-4-11(8-12)17(9-22-16(24)20-10-21-22)15(23-17)13-6-1-2-7-14(13)19/h1-8,10,15H,9H2,(H,20,21,24). The van der Waals surface area contributed by atoms with Gasteiger partial charge in [-0.25, -0.2) is 18.4 Å². The number of thiol groups is 1. The van der Waals surface area contributed by atoms with Gasteiger partial charge >= 0.3 is 0 Å². The van der Waals surface area contributed by atoms with E-state index in [1.165, 1.54) is 24.5 Å². The van der Waals surface area contributed by atoms with Crippen LogP contribution in [0.3, 0.4) is 0 Å². The van der Waals surface area contributed by atoms with Crippen LogP contribution in [0.1, 0.15) is 17.2 Å². The maximum atomic E-state index is 14.2. The highest BCUT2D eigenvalue weighted by atomic mass is 32.1. The summed E-state index contributed by atoms with van der Waals surface area (Å²) in [5.41, 5.74) is 0.150. The van der Waals surface area contributed by atoms with Crippen molar-refractivity contribution in [2.45, 2.75) is 23.4 Å². The van der Waals surface area contributed by atoms with Crippen LogP contribution in [0, 0.1) is 11.6 Å². The van der Waals surface area contributed by atoms with Crippen molar-refractivity contribution in [2.75, 3.05) is 0 Å². The van der Waals surface area contributed by atoms with E-state index in [-0.39, 0.29) is 18.2 Å². The van der Waals surface area contributed by atoms with E-state index in [9.17, 15) is 8.78 Å². The van der Waals surface area contributed by atoms with Crippen molar-refractivity contribution in [1.82, 2.24) is 14.8 Å². The summed E-state index contributed by atoms with van der Waals surface area (Å²) in [5, 5.41) is 4.51. The van der Waals surface area contributed by atoms with Crippen molar-refractivity contribution in [2.24, 2.45) is 0 Å². The van der Waals surface area contributed by atoms with Gasteiger partial charge in [0.25, 0.3) is 0 Å². The fourth-order valence-electron chi connectivity index (χ4n) is 2.95. The summed E-state index contributed by atoms with van der Waals surface area (Å²) in [5.74, 6) is -0.732. The Bertz CT molecular complexity index is 901. The summed E-state index contributed by atoms with van der Waals surface area (Å²) >= 11 is 4.24. The second kappa shape index (κ2) is 5.68. The predicted octanol–water partition coefficient (Wildman–Crippen LogP) is 3.51. The van der Waals surface area contributed by atoms with Crippen molar-refractivity contribution in [3.63, 3.8) is 0 Å². The molecule has 0 radical (unpaired) electrons. The quantitative estimate of drug-likeness (QED) is 0.581. The number of ether oxygens (including phenoxy) is 1. The molecule has 4 nitrogen and oxygen atoms in total. The third-order valence-corrected chi connectivity index (χ3v) is 4.52. The molecule has 1 fully saturated rings. The molecule has 0 spiro atoms. The molecule has 0 N–H and O–H groups in total. The number of benzene rings is 2. The molecule has 2 heterocycles. The lowest BCUT2D eigenvalue weighted by Gasteiger charge is -2.15. The van der Waals surface area contributed by atoms with Crippen molar-refractivity contribution in [3.05, 3.63) is 77.6 Å². The van der Waals surface area contributed by atoms with Gasteiger partial charge in [0.15, 0.2) is 5.16 Å². The van der Waals surface area contributed by atoms with Crippen LogP contribution in [0.5, 0.6) is 0 Å². The van der Waals surface area contributed by atoms with Crippen molar-refractivity contribution in [1.29, 1.82) is 0 Å². The van der Waals surface area contributed by atoms with Gasteiger partial charge in [-0.3, -0.25) is 0 Å². The zero-order valence-electron chi connectivity index (χ0n) is 12.4. The van der Waals surface area contributed by atoms with Gasteiger partial charge in [-0.05, 0) is 23.8 Å². The number of epoxide rings is 1. The van der Waals surface area contributed by atoms with E-state index in [0.717, 1.165) is 0 Å². The molecule has 0 saturated carbocycles. The van der Waals surface area contributed by atoms with Gasteiger partial charge in [-0.15, -0.1) is 12.6 Å². The molecule has 1 aliphatic heterocycles. The second-order valence-electron chi connectivity index (χ2n) is 5.64. The Hall–Kier alpha value is -2.25. The van der Waals surface area contributed by atoms with Gasteiger partial charge in [0.05, 0.1) is 6.54 Å². The van der Waals surface area contributed by atoms with Crippen LogP contribution in [-0.2, 0) is 16.9 Å². The number of hydrogen-bond acceptors (Lipinski definition) is 4. The minimum Gasteiger partial charge on any atom is -0.354 e. The smallest absolute Gasteiger partial charge is 0.183 e. The van der Waals surface area contributed by atoms with Gasteiger partial charge < -0.3 is 4.74 Å². The molecule has 1 aliphatic rings. The molecular weight excluding hydrogens is 332 g/mol. The third kappa shape index (κ3) is 2.50. The first kappa shape index (κ1) is 15.3. The van der Waals surface area contributed by atoms with Crippen LogP contribution in [0.25, 0.3) is 0 Å². The van der Waals surface area contributed by atoms with Crippen LogP contribution in [-0.4, -0.2) is 14.8 Å². The molecule has 7 heteroatoms. The van der Waals surface area contributed by atoms with E-state index in [1.807, 2.05) is 0 Å². The molecule has 1 saturated heterocycles. The Morgan fingerprint density at radius 2 is 2.00 bits per heavy atom. The summed E-state index contributed by atoms with van der Waals surface area (Å²) in [6.45, 7) is 0.258. The number of halogens is 2. The van der Waals surface area contributed by atoms with E-state index in [4.69, 9.17) is 4.74 Å². The second-order valence-corrected chi connectivity index (χ2v) is 6.04. The Morgan fingerprint density at radius 3 is 2.71 bits per heavy atom. The maximum absolute atomic E-state index is 14.2. The lowest BCUT2D eigenvalue weighted by molar-refractivity contribution is 0.255. The SMILES string of the molecule is Fc1cccc(C2(Cn3ncnc3S)OC2c2ccccc2F)c1. The number of aromatic nitrogens is 3. The fourth-order valence-corrected chi connectivity index (χ4v) is 3.13. The zero-order valence-corrected chi connectivity index (χ0v) is 13.3. The van der Waals surface area contributed by atoms with Crippen molar-refractivity contribution in [3.8, 4) is 0 Å². The highest BCUT2D eigenvalue weighted by Crippen LogP contribution is 2.58. The third-order valence-electron chi connectivity index (χ3n) is 4.18. The largest absolute Gasteiger partial charge is 0.354 e. The fraction of sp³-hybridized carbons (Fsp3) is 0.176. The number of hydrogen-bond donors (Lipinski definition) is 1. The van der Waals surface area contributed by atoms with Crippen LogP contribution in [0.2, 0.25) is 0 Å². The van der Waals surface area contributed by atoms with Gasteiger partial charge in [0, 0.05) is 5.56 Å². The Balaban J connectivity index is 1.78.